The molecular weight excluding hydrogens is 224 g/mol. The molecule has 0 unspecified atom stereocenters. The number of carbonyl (C=O) groups excluding carboxylic acids is 1. The van der Waals surface area contributed by atoms with E-state index in [0.717, 1.165) is 0 Å². The van der Waals surface area contributed by atoms with Gasteiger partial charge >= 0.3 is 5.97 Å². The Labute approximate surface area is 100 Å². The predicted molar refractivity (Wildman–Crippen MR) is 61.6 cm³/mol. The van der Waals surface area contributed by atoms with Crippen LogP contribution < -0.4 is 5.32 Å². The van der Waals surface area contributed by atoms with Crippen molar-refractivity contribution in [3.8, 4) is 0 Å². The molecule has 1 saturated heterocycles. The maximum atomic E-state index is 11.6. The molecule has 1 fully saturated rings. The van der Waals surface area contributed by atoms with E-state index in [1.54, 1.807) is 17.9 Å². The number of carboxylic acids is 1. The highest BCUT2D eigenvalue weighted by molar-refractivity contribution is 5.79. The molecule has 1 aliphatic rings. The molecule has 0 radical (unpaired) electrons. The monoisotopic (exact) mass is 242 g/mol. The van der Waals surface area contributed by atoms with Gasteiger partial charge in [0.2, 0.25) is 5.91 Å². The number of aliphatic carboxylic acids is 1. The van der Waals surface area contributed by atoms with Crippen molar-refractivity contribution in [2.75, 3.05) is 32.8 Å². The second-order valence-corrected chi connectivity index (χ2v) is 4.30. The number of hydrogen-bond acceptors (Lipinski definition) is 4. The van der Waals surface area contributed by atoms with Crippen LogP contribution in [0.1, 0.15) is 6.92 Å². The molecule has 2 N–H and O–H groups in total. The third-order valence-electron chi connectivity index (χ3n) is 2.51. The zero-order valence-corrected chi connectivity index (χ0v) is 9.94. The Bertz CT molecular complexity index is 311. The fourth-order valence-corrected chi connectivity index (χ4v) is 1.66. The summed E-state index contributed by atoms with van der Waals surface area (Å²) in [7, 11) is 0. The minimum absolute atomic E-state index is 0.0109. The topological polar surface area (TPSA) is 78.9 Å². The lowest BCUT2D eigenvalue weighted by atomic mass is 9.96. The van der Waals surface area contributed by atoms with Gasteiger partial charge in [0, 0.05) is 6.54 Å². The minimum Gasteiger partial charge on any atom is -0.480 e. The van der Waals surface area contributed by atoms with Gasteiger partial charge < -0.3 is 20.1 Å². The number of nitrogens with zero attached hydrogens (tertiary/aromatic N) is 1. The quantitative estimate of drug-likeness (QED) is 0.463. The van der Waals surface area contributed by atoms with E-state index in [4.69, 9.17) is 9.84 Å². The second-order valence-electron chi connectivity index (χ2n) is 4.30. The lowest BCUT2D eigenvalue weighted by Gasteiger charge is -2.47. The smallest absolute Gasteiger partial charge is 0.329 e. The van der Waals surface area contributed by atoms with Gasteiger partial charge in [0.25, 0.3) is 0 Å². The van der Waals surface area contributed by atoms with Crippen LogP contribution in [-0.2, 0) is 14.3 Å². The third kappa shape index (κ3) is 4.16. The zero-order chi connectivity index (χ0) is 12.9. The van der Waals surface area contributed by atoms with E-state index < -0.39 is 11.6 Å². The summed E-state index contributed by atoms with van der Waals surface area (Å²) in [6.45, 7) is 6.75. The van der Waals surface area contributed by atoms with E-state index in [1.165, 1.54) is 0 Å². The Morgan fingerprint density at radius 1 is 1.59 bits per heavy atom. The van der Waals surface area contributed by atoms with E-state index >= 15 is 0 Å². The summed E-state index contributed by atoms with van der Waals surface area (Å²) in [5, 5.41) is 11.4. The van der Waals surface area contributed by atoms with E-state index in [9.17, 15) is 9.59 Å². The van der Waals surface area contributed by atoms with Crippen LogP contribution in [0.3, 0.4) is 0 Å². The molecule has 0 aliphatic carbocycles. The van der Waals surface area contributed by atoms with Gasteiger partial charge in [-0.05, 0) is 6.92 Å². The Morgan fingerprint density at radius 3 is 2.76 bits per heavy atom. The first-order valence-electron chi connectivity index (χ1n) is 5.42. The number of likely N-dealkylation sites (tertiary alicyclic amines) is 1. The van der Waals surface area contributed by atoms with Gasteiger partial charge in [-0.15, -0.1) is 6.58 Å². The van der Waals surface area contributed by atoms with Crippen LogP contribution in [0.25, 0.3) is 0 Å². The molecule has 1 amide bonds. The van der Waals surface area contributed by atoms with E-state index in [-0.39, 0.29) is 19.1 Å². The molecule has 6 heteroatoms. The predicted octanol–water partition coefficient (Wildman–Crippen LogP) is -0.536. The van der Waals surface area contributed by atoms with Crippen LogP contribution in [0.5, 0.6) is 0 Å². The number of ether oxygens (including phenoxy) is 1. The summed E-state index contributed by atoms with van der Waals surface area (Å²) in [6.07, 6.45) is 1.68. The van der Waals surface area contributed by atoms with Crippen LogP contribution in [0, 0.1) is 0 Å². The lowest BCUT2D eigenvalue weighted by molar-refractivity contribution is -0.172. The fraction of sp³-hybridized carbons (Fsp3) is 0.636. The third-order valence-corrected chi connectivity index (χ3v) is 2.51. The van der Waals surface area contributed by atoms with E-state index in [0.29, 0.717) is 19.6 Å². The number of rotatable bonds is 7. The van der Waals surface area contributed by atoms with Gasteiger partial charge in [0.15, 0.2) is 0 Å². The molecule has 0 aromatic heterocycles. The molecule has 0 atom stereocenters. The van der Waals surface area contributed by atoms with Crippen molar-refractivity contribution in [2.24, 2.45) is 0 Å². The number of hydrogen-bond donors (Lipinski definition) is 2. The summed E-state index contributed by atoms with van der Waals surface area (Å²) >= 11 is 0. The average molecular weight is 242 g/mol. The molecule has 1 heterocycles. The Morgan fingerprint density at radius 2 is 2.24 bits per heavy atom. The standard InChI is InChI=1S/C11H18N2O4/c1-3-4-12-5-9(14)13-7-11(2,8-13)17-6-10(15)16/h3,12H,1,4-8H2,2H3,(H,15,16). The zero-order valence-electron chi connectivity index (χ0n) is 9.94. The van der Waals surface area contributed by atoms with E-state index in [2.05, 4.69) is 11.9 Å². The van der Waals surface area contributed by atoms with Gasteiger partial charge in [0.05, 0.1) is 19.6 Å². The number of nitrogens with one attached hydrogen (secondary N) is 1. The number of amides is 1. The van der Waals surface area contributed by atoms with Gasteiger partial charge in [-0.3, -0.25) is 4.79 Å². The molecular formula is C11H18N2O4. The summed E-state index contributed by atoms with van der Waals surface area (Å²) in [4.78, 5) is 23.6. The van der Waals surface area contributed by atoms with Gasteiger partial charge in [0.1, 0.15) is 12.2 Å². The van der Waals surface area contributed by atoms with Crippen LogP contribution in [0.15, 0.2) is 12.7 Å². The molecule has 0 aromatic rings. The molecule has 1 rings (SSSR count). The molecule has 1 aliphatic heterocycles. The molecule has 0 spiro atoms. The molecule has 6 nitrogen and oxygen atoms in total. The highest BCUT2D eigenvalue weighted by Crippen LogP contribution is 2.24. The van der Waals surface area contributed by atoms with Crippen molar-refractivity contribution >= 4 is 11.9 Å². The summed E-state index contributed by atoms with van der Waals surface area (Å²) < 4.78 is 5.20. The van der Waals surface area contributed by atoms with Crippen molar-refractivity contribution in [3.63, 3.8) is 0 Å². The first-order chi connectivity index (χ1) is 7.97. The fourth-order valence-electron chi connectivity index (χ4n) is 1.66. The van der Waals surface area contributed by atoms with Crippen LogP contribution in [0.2, 0.25) is 0 Å². The highest BCUT2D eigenvalue weighted by atomic mass is 16.5. The Kier molecular flexibility index (Phi) is 4.65. The number of carboxylic acid groups (broad SMARTS) is 1. The average Bonchev–Trinajstić information content (AvgIpc) is 2.22. The molecule has 96 valence electrons. The van der Waals surface area contributed by atoms with Crippen molar-refractivity contribution < 1.29 is 19.4 Å². The molecule has 0 saturated carbocycles. The largest absolute Gasteiger partial charge is 0.480 e. The van der Waals surface area contributed by atoms with Gasteiger partial charge in [-0.25, -0.2) is 4.79 Å². The van der Waals surface area contributed by atoms with Crippen molar-refractivity contribution in [3.05, 3.63) is 12.7 Å². The maximum Gasteiger partial charge on any atom is 0.329 e. The molecule has 0 aromatic carbocycles. The van der Waals surface area contributed by atoms with Gasteiger partial charge in [-0.2, -0.15) is 0 Å². The SMILES string of the molecule is C=CCNCC(=O)N1CC(C)(OCC(=O)O)C1. The molecule has 0 bridgehead atoms. The summed E-state index contributed by atoms with van der Waals surface area (Å²) in [6, 6.07) is 0. The minimum atomic E-state index is -0.997. The van der Waals surface area contributed by atoms with Crippen LogP contribution in [-0.4, -0.2) is 60.3 Å². The highest BCUT2D eigenvalue weighted by Gasteiger charge is 2.42. The second kappa shape index (κ2) is 5.79. The normalized spacial score (nSPS) is 17.4. The summed E-state index contributed by atoms with van der Waals surface area (Å²) in [5.74, 6) is -1.01. The Balaban J connectivity index is 2.22. The lowest BCUT2D eigenvalue weighted by Crippen LogP contribution is -2.64. The van der Waals surface area contributed by atoms with E-state index in [1.807, 2.05) is 0 Å². The first-order valence-corrected chi connectivity index (χ1v) is 5.42. The molecule has 17 heavy (non-hydrogen) atoms. The number of carbonyl (C=O) groups is 2. The van der Waals surface area contributed by atoms with Crippen molar-refractivity contribution in [1.82, 2.24) is 10.2 Å². The Hall–Kier alpha value is -1.40. The van der Waals surface area contributed by atoms with Crippen molar-refractivity contribution in [1.29, 1.82) is 0 Å². The van der Waals surface area contributed by atoms with Gasteiger partial charge in [-0.1, -0.05) is 6.08 Å². The first kappa shape index (κ1) is 13.7. The van der Waals surface area contributed by atoms with Crippen LogP contribution >= 0.6 is 0 Å². The van der Waals surface area contributed by atoms with Crippen molar-refractivity contribution in [2.45, 2.75) is 12.5 Å². The summed E-state index contributed by atoms with van der Waals surface area (Å²) in [5.41, 5.74) is -0.521. The maximum absolute atomic E-state index is 11.6. The van der Waals surface area contributed by atoms with Crippen LogP contribution in [0.4, 0.5) is 0 Å².